The van der Waals surface area contributed by atoms with Crippen LogP contribution in [-0.2, 0) is 0 Å². The van der Waals surface area contributed by atoms with Gasteiger partial charge in [-0.1, -0.05) is 6.07 Å². The fourth-order valence-electron chi connectivity index (χ4n) is 2.40. The maximum absolute atomic E-state index is 11.3. The molecule has 23 heavy (non-hydrogen) atoms. The van der Waals surface area contributed by atoms with E-state index in [0.717, 1.165) is 0 Å². The van der Waals surface area contributed by atoms with Crippen molar-refractivity contribution >= 4 is 28.1 Å². The van der Waals surface area contributed by atoms with E-state index in [2.05, 4.69) is 10.3 Å². The largest absolute Gasteiger partial charge is 0.497 e. The zero-order chi connectivity index (χ0) is 16.4. The van der Waals surface area contributed by atoms with Crippen LogP contribution in [0.5, 0.6) is 11.5 Å². The van der Waals surface area contributed by atoms with Gasteiger partial charge >= 0.3 is 5.82 Å². The Labute approximate surface area is 132 Å². The smallest absolute Gasteiger partial charge is 0.345 e. The molecule has 3 aromatic rings. The van der Waals surface area contributed by atoms with Gasteiger partial charge in [-0.25, -0.2) is 4.98 Å². The molecule has 0 radical (unpaired) electrons. The molecule has 2 aromatic carbocycles. The van der Waals surface area contributed by atoms with Gasteiger partial charge in [0.2, 0.25) is 0 Å². The van der Waals surface area contributed by atoms with E-state index in [9.17, 15) is 10.1 Å². The minimum atomic E-state index is -0.449. The summed E-state index contributed by atoms with van der Waals surface area (Å²) in [6.45, 7) is 0. The van der Waals surface area contributed by atoms with Crippen molar-refractivity contribution in [1.29, 1.82) is 0 Å². The SMILES string of the molecule is COc1cccc(Nc2c([N+](=O)[O-])[nH]c3cc(OC)ccc23)c1. The molecule has 0 fully saturated rings. The van der Waals surface area contributed by atoms with E-state index in [-0.39, 0.29) is 5.82 Å². The summed E-state index contributed by atoms with van der Waals surface area (Å²) in [4.78, 5) is 13.7. The first-order valence-corrected chi connectivity index (χ1v) is 6.87. The molecule has 0 aliphatic heterocycles. The highest BCUT2D eigenvalue weighted by Crippen LogP contribution is 2.37. The van der Waals surface area contributed by atoms with Crippen molar-refractivity contribution in [1.82, 2.24) is 4.98 Å². The molecule has 3 rings (SSSR count). The number of rotatable bonds is 5. The van der Waals surface area contributed by atoms with Gasteiger partial charge in [0.15, 0.2) is 0 Å². The zero-order valence-electron chi connectivity index (χ0n) is 12.6. The highest BCUT2D eigenvalue weighted by atomic mass is 16.6. The monoisotopic (exact) mass is 313 g/mol. The van der Waals surface area contributed by atoms with Gasteiger partial charge in [0.25, 0.3) is 0 Å². The van der Waals surface area contributed by atoms with Crippen molar-refractivity contribution in [3.05, 3.63) is 52.6 Å². The van der Waals surface area contributed by atoms with Crippen molar-refractivity contribution < 1.29 is 14.4 Å². The minimum absolute atomic E-state index is 0.101. The fraction of sp³-hybridized carbons (Fsp3) is 0.125. The number of nitrogens with one attached hydrogen (secondary N) is 2. The first-order chi connectivity index (χ1) is 11.1. The molecule has 0 bridgehead atoms. The Morgan fingerprint density at radius 1 is 1.09 bits per heavy atom. The number of anilines is 2. The Balaban J connectivity index is 2.10. The molecule has 2 N–H and O–H groups in total. The number of aromatic amines is 1. The van der Waals surface area contributed by atoms with Crippen molar-refractivity contribution in [2.45, 2.75) is 0 Å². The van der Waals surface area contributed by atoms with Gasteiger partial charge in [0.05, 0.1) is 19.6 Å². The van der Waals surface area contributed by atoms with E-state index >= 15 is 0 Å². The third-order valence-corrected chi connectivity index (χ3v) is 3.51. The average molecular weight is 313 g/mol. The molecule has 0 saturated heterocycles. The summed E-state index contributed by atoms with van der Waals surface area (Å²) in [5.41, 5.74) is 1.73. The lowest BCUT2D eigenvalue weighted by Crippen LogP contribution is -1.96. The van der Waals surface area contributed by atoms with Gasteiger partial charge in [0.1, 0.15) is 22.7 Å². The fourth-order valence-corrected chi connectivity index (χ4v) is 2.40. The van der Waals surface area contributed by atoms with Gasteiger partial charge in [-0.3, -0.25) is 0 Å². The summed E-state index contributed by atoms with van der Waals surface area (Å²) in [6.07, 6.45) is 0. The second kappa shape index (κ2) is 5.88. The van der Waals surface area contributed by atoms with E-state index in [4.69, 9.17) is 9.47 Å². The molecule has 0 saturated carbocycles. The van der Waals surface area contributed by atoms with Crippen LogP contribution in [0.15, 0.2) is 42.5 Å². The van der Waals surface area contributed by atoms with Gasteiger partial charge in [-0.15, -0.1) is 0 Å². The summed E-state index contributed by atoms with van der Waals surface area (Å²) in [5, 5.41) is 15.1. The number of hydrogen-bond donors (Lipinski definition) is 2. The number of aromatic nitrogens is 1. The van der Waals surface area contributed by atoms with Gasteiger partial charge in [-0.05, 0) is 29.2 Å². The Morgan fingerprint density at radius 2 is 1.83 bits per heavy atom. The summed E-state index contributed by atoms with van der Waals surface area (Å²) in [6, 6.07) is 12.5. The molecule has 1 heterocycles. The van der Waals surface area contributed by atoms with Gasteiger partial charge < -0.3 is 24.9 Å². The zero-order valence-corrected chi connectivity index (χ0v) is 12.6. The first kappa shape index (κ1) is 14.7. The third-order valence-electron chi connectivity index (χ3n) is 3.51. The molecule has 0 aliphatic rings. The second-order valence-electron chi connectivity index (χ2n) is 4.87. The summed E-state index contributed by atoms with van der Waals surface area (Å²) in [5.74, 6) is 1.19. The Morgan fingerprint density at radius 3 is 2.52 bits per heavy atom. The quantitative estimate of drug-likeness (QED) is 0.552. The van der Waals surface area contributed by atoms with Crippen molar-refractivity contribution in [2.75, 3.05) is 19.5 Å². The van der Waals surface area contributed by atoms with Crippen LogP contribution in [0.3, 0.4) is 0 Å². The van der Waals surface area contributed by atoms with E-state index in [1.54, 1.807) is 44.6 Å². The lowest BCUT2D eigenvalue weighted by Gasteiger charge is -2.07. The number of fused-ring (bicyclic) bond motifs is 1. The molecular formula is C16H15N3O4. The number of hydrogen-bond acceptors (Lipinski definition) is 5. The maximum Gasteiger partial charge on any atom is 0.345 e. The summed E-state index contributed by atoms with van der Waals surface area (Å²) < 4.78 is 10.3. The Bertz CT molecular complexity index is 873. The van der Waals surface area contributed by atoms with Crippen LogP contribution in [0.4, 0.5) is 17.2 Å². The second-order valence-corrected chi connectivity index (χ2v) is 4.87. The minimum Gasteiger partial charge on any atom is -0.497 e. The van der Waals surface area contributed by atoms with Crippen LogP contribution in [0.1, 0.15) is 0 Å². The van der Waals surface area contributed by atoms with Crippen molar-refractivity contribution in [3.63, 3.8) is 0 Å². The topological polar surface area (TPSA) is 89.4 Å². The number of nitro groups is 1. The van der Waals surface area contributed by atoms with Crippen LogP contribution < -0.4 is 14.8 Å². The number of benzene rings is 2. The normalized spacial score (nSPS) is 10.5. The molecule has 0 atom stereocenters. The standard InChI is InChI=1S/C16H15N3O4/c1-22-11-5-3-4-10(8-11)17-15-13-7-6-12(23-2)9-14(13)18-16(15)19(20)21/h3-9,17-18H,1-2H3. The molecule has 1 aromatic heterocycles. The Kier molecular flexibility index (Phi) is 3.76. The highest BCUT2D eigenvalue weighted by Gasteiger charge is 2.21. The maximum atomic E-state index is 11.3. The van der Waals surface area contributed by atoms with E-state index in [1.165, 1.54) is 0 Å². The van der Waals surface area contributed by atoms with E-state index in [1.807, 2.05) is 12.1 Å². The molecule has 0 spiro atoms. The average Bonchev–Trinajstić information content (AvgIpc) is 2.93. The predicted molar refractivity (Wildman–Crippen MR) is 87.8 cm³/mol. The molecule has 0 aliphatic carbocycles. The summed E-state index contributed by atoms with van der Waals surface area (Å²) >= 11 is 0. The number of H-pyrrole nitrogens is 1. The molecule has 0 unspecified atom stereocenters. The number of ether oxygens (including phenoxy) is 2. The lowest BCUT2D eigenvalue weighted by molar-refractivity contribution is -0.388. The van der Waals surface area contributed by atoms with E-state index < -0.39 is 4.92 Å². The predicted octanol–water partition coefficient (Wildman–Crippen LogP) is 3.84. The molecule has 118 valence electrons. The van der Waals surface area contributed by atoms with Crippen LogP contribution in [0, 0.1) is 10.1 Å². The summed E-state index contributed by atoms with van der Waals surface area (Å²) in [7, 11) is 3.12. The molecule has 0 amide bonds. The Hall–Kier alpha value is -3.22. The molecular weight excluding hydrogens is 298 g/mol. The van der Waals surface area contributed by atoms with Crippen molar-refractivity contribution in [2.24, 2.45) is 0 Å². The van der Waals surface area contributed by atoms with E-state index in [0.29, 0.717) is 33.8 Å². The van der Waals surface area contributed by atoms with Crippen LogP contribution in [0.2, 0.25) is 0 Å². The lowest BCUT2D eigenvalue weighted by atomic mass is 10.2. The number of nitrogens with zero attached hydrogens (tertiary/aromatic N) is 1. The van der Waals surface area contributed by atoms with Crippen molar-refractivity contribution in [3.8, 4) is 11.5 Å². The molecule has 7 heteroatoms. The molecule has 7 nitrogen and oxygen atoms in total. The first-order valence-electron chi connectivity index (χ1n) is 6.87. The van der Waals surface area contributed by atoms with Gasteiger partial charge in [0, 0.05) is 17.8 Å². The van der Waals surface area contributed by atoms with Crippen LogP contribution >= 0.6 is 0 Å². The number of methoxy groups -OCH3 is 2. The van der Waals surface area contributed by atoms with Gasteiger partial charge in [-0.2, -0.15) is 0 Å². The van der Waals surface area contributed by atoms with Crippen LogP contribution in [0.25, 0.3) is 10.9 Å². The highest BCUT2D eigenvalue weighted by molar-refractivity contribution is 6.00. The van der Waals surface area contributed by atoms with Crippen LogP contribution in [-0.4, -0.2) is 24.1 Å². The third kappa shape index (κ3) is 2.76.